The van der Waals surface area contributed by atoms with Gasteiger partial charge in [-0.2, -0.15) is 0 Å². The van der Waals surface area contributed by atoms with Crippen molar-refractivity contribution < 1.29 is 15.3 Å². The third kappa shape index (κ3) is 1.95. The maximum absolute atomic E-state index is 11.4. The van der Waals surface area contributed by atoms with Crippen molar-refractivity contribution in [2.45, 2.75) is 64.1 Å². The van der Waals surface area contributed by atoms with Crippen LogP contribution in [0.15, 0.2) is 12.2 Å². The largest absolute Gasteiger partial charge is 0.395 e. The minimum Gasteiger partial charge on any atom is -0.395 e. The van der Waals surface area contributed by atoms with Crippen LogP contribution in [0.1, 0.15) is 51.9 Å². The van der Waals surface area contributed by atoms with Crippen LogP contribution in [0, 0.1) is 34.0 Å². The summed E-state index contributed by atoms with van der Waals surface area (Å²) in [5, 5.41) is 32.2. The van der Waals surface area contributed by atoms with E-state index in [1.807, 2.05) is 0 Å². The lowest BCUT2D eigenvalue weighted by molar-refractivity contribution is -0.276. The van der Waals surface area contributed by atoms with Crippen molar-refractivity contribution in [2.24, 2.45) is 34.0 Å². The van der Waals surface area contributed by atoms with E-state index in [2.05, 4.69) is 18.4 Å². The molecular weight excluding hydrogens is 326 g/mol. The highest BCUT2D eigenvalue weighted by atomic mass is 16.3. The Kier molecular flexibility index (Phi) is 3.78. The normalized spacial score (nSPS) is 56.2. The Hall–Kier alpha value is -0.420. The molecule has 1 aliphatic heterocycles. The van der Waals surface area contributed by atoms with E-state index in [0.29, 0.717) is 17.8 Å². The first kappa shape index (κ1) is 17.7. The summed E-state index contributed by atoms with van der Waals surface area (Å²) in [4.78, 5) is 2.49. The lowest BCUT2D eigenvalue weighted by atomic mass is 9.34. The van der Waals surface area contributed by atoms with Gasteiger partial charge in [-0.25, -0.2) is 0 Å². The lowest BCUT2D eigenvalue weighted by Crippen LogP contribution is -2.74. The Labute approximate surface area is 157 Å². The fraction of sp³-hybridized carbons (Fsp3) is 0.909. The molecule has 1 spiro atoms. The number of hydrogen-bond acceptors (Lipinski definition) is 4. The molecule has 0 aromatic carbocycles. The average Bonchev–Trinajstić information content (AvgIpc) is 2.60. The van der Waals surface area contributed by atoms with Crippen LogP contribution in [0.5, 0.6) is 0 Å². The van der Waals surface area contributed by atoms with Gasteiger partial charge in [0.2, 0.25) is 0 Å². The predicted octanol–water partition coefficient (Wildman–Crippen LogP) is 2.19. The van der Waals surface area contributed by atoms with E-state index in [-0.39, 0.29) is 22.9 Å². The molecule has 146 valence electrons. The van der Waals surface area contributed by atoms with Gasteiger partial charge in [0.1, 0.15) is 0 Å². The first-order valence-electron chi connectivity index (χ1n) is 10.8. The van der Waals surface area contributed by atoms with E-state index in [1.54, 1.807) is 0 Å². The molecule has 0 aromatic rings. The van der Waals surface area contributed by atoms with Crippen molar-refractivity contribution >= 4 is 0 Å². The van der Waals surface area contributed by atoms with Gasteiger partial charge in [-0.15, -0.1) is 0 Å². The third-order valence-electron chi connectivity index (χ3n) is 9.70. The average molecular weight is 362 g/mol. The SMILES string of the molecule is C=C1C2CCC3(C(O)CC4C5(CCC[C@@]4(C)CN(CCO)C5)C3C2)[C@@H]1O. The first-order valence-corrected chi connectivity index (χ1v) is 10.8. The van der Waals surface area contributed by atoms with Crippen molar-refractivity contribution in [3.63, 3.8) is 0 Å². The van der Waals surface area contributed by atoms with E-state index < -0.39 is 12.2 Å². The molecular formula is C22H35NO3. The second-order valence-electron chi connectivity index (χ2n) is 10.6. The second-order valence-corrected chi connectivity index (χ2v) is 10.6. The number of aliphatic hydroxyl groups excluding tert-OH is 3. The highest BCUT2D eigenvalue weighted by molar-refractivity contribution is 5.29. The summed E-state index contributed by atoms with van der Waals surface area (Å²) >= 11 is 0. The third-order valence-corrected chi connectivity index (χ3v) is 9.70. The minimum absolute atomic E-state index is 0.194. The highest BCUT2D eigenvalue weighted by Gasteiger charge is 2.72. The van der Waals surface area contributed by atoms with Gasteiger partial charge in [-0.3, -0.25) is 4.90 Å². The number of piperidine rings is 1. The Bertz CT molecular complexity index is 623. The molecule has 0 aromatic heterocycles. The van der Waals surface area contributed by atoms with Crippen LogP contribution < -0.4 is 0 Å². The van der Waals surface area contributed by atoms with Gasteiger partial charge in [0.05, 0.1) is 18.8 Å². The van der Waals surface area contributed by atoms with Gasteiger partial charge in [0.25, 0.3) is 0 Å². The molecule has 6 rings (SSSR count). The van der Waals surface area contributed by atoms with E-state index >= 15 is 0 Å². The molecule has 1 saturated heterocycles. The topological polar surface area (TPSA) is 63.9 Å². The van der Waals surface area contributed by atoms with Crippen LogP contribution in [0.2, 0.25) is 0 Å². The van der Waals surface area contributed by atoms with Crippen LogP contribution in [-0.4, -0.2) is 58.7 Å². The molecule has 4 heteroatoms. The first-order chi connectivity index (χ1) is 12.4. The smallest absolute Gasteiger partial charge is 0.0834 e. The van der Waals surface area contributed by atoms with Crippen molar-refractivity contribution in [1.29, 1.82) is 0 Å². The van der Waals surface area contributed by atoms with Crippen molar-refractivity contribution in [3.05, 3.63) is 12.2 Å². The molecule has 6 unspecified atom stereocenters. The Morgan fingerprint density at radius 2 is 1.92 bits per heavy atom. The van der Waals surface area contributed by atoms with Gasteiger partial charge in [0.15, 0.2) is 0 Å². The van der Waals surface area contributed by atoms with Gasteiger partial charge in [0, 0.05) is 25.0 Å². The van der Waals surface area contributed by atoms with Crippen molar-refractivity contribution in [2.75, 3.05) is 26.2 Å². The fourth-order valence-corrected chi connectivity index (χ4v) is 8.82. The molecule has 4 nitrogen and oxygen atoms in total. The molecule has 8 atom stereocenters. The van der Waals surface area contributed by atoms with Crippen LogP contribution in [0.3, 0.4) is 0 Å². The number of aliphatic hydroxyl groups is 3. The molecule has 5 aliphatic carbocycles. The van der Waals surface area contributed by atoms with Gasteiger partial charge in [-0.05, 0) is 72.7 Å². The zero-order valence-corrected chi connectivity index (χ0v) is 16.2. The number of likely N-dealkylation sites (tertiary alicyclic amines) is 1. The number of fused-ring (bicyclic) bond motifs is 2. The summed E-state index contributed by atoms with van der Waals surface area (Å²) < 4.78 is 0. The second kappa shape index (κ2) is 5.56. The van der Waals surface area contributed by atoms with E-state index in [9.17, 15) is 15.3 Å². The standard InChI is InChI=1S/C22H35NO3/c1-14-15-4-7-22(19(14)26)17(10-15)21-6-3-5-20(2,16(21)11-18(22)25)12-23(13-21)8-9-24/h15-19,24-26H,1,3-13H2,2H3/t15?,16?,17?,18?,19-,20+,21?,22?/m1/s1. The molecule has 26 heavy (non-hydrogen) atoms. The summed E-state index contributed by atoms with van der Waals surface area (Å²) in [6.45, 7) is 9.72. The molecule has 5 saturated carbocycles. The molecule has 1 heterocycles. The van der Waals surface area contributed by atoms with Crippen LogP contribution in [0.4, 0.5) is 0 Å². The number of nitrogens with zero attached hydrogens (tertiary/aromatic N) is 1. The predicted molar refractivity (Wildman–Crippen MR) is 100 cm³/mol. The zero-order valence-electron chi connectivity index (χ0n) is 16.2. The number of hydrogen-bond donors (Lipinski definition) is 3. The van der Waals surface area contributed by atoms with Crippen molar-refractivity contribution in [3.8, 4) is 0 Å². The Morgan fingerprint density at radius 1 is 1.12 bits per heavy atom. The van der Waals surface area contributed by atoms with Crippen LogP contribution in [0.25, 0.3) is 0 Å². The molecule has 0 radical (unpaired) electrons. The molecule has 4 bridgehead atoms. The maximum atomic E-state index is 11.4. The summed E-state index contributed by atoms with van der Waals surface area (Å²) in [6.07, 6.45) is 6.77. The zero-order chi connectivity index (χ0) is 18.3. The molecule has 6 fully saturated rings. The van der Waals surface area contributed by atoms with E-state index in [4.69, 9.17) is 0 Å². The Morgan fingerprint density at radius 3 is 2.69 bits per heavy atom. The van der Waals surface area contributed by atoms with Gasteiger partial charge in [-0.1, -0.05) is 19.9 Å². The summed E-state index contributed by atoms with van der Waals surface area (Å²) in [7, 11) is 0. The number of β-amino-alcohol motifs (C(OH)–C–C–N with tert-alkyl or cyclic N) is 1. The maximum Gasteiger partial charge on any atom is 0.0834 e. The van der Waals surface area contributed by atoms with E-state index in [1.165, 1.54) is 19.3 Å². The van der Waals surface area contributed by atoms with Gasteiger partial charge < -0.3 is 15.3 Å². The van der Waals surface area contributed by atoms with E-state index in [0.717, 1.165) is 50.9 Å². The van der Waals surface area contributed by atoms with Crippen LogP contribution >= 0.6 is 0 Å². The van der Waals surface area contributed by atoms with Gasteiger partial charge >= 0.3 is 0 Å². The monoisotopic (exact) mass is 361 g/mol. The summed E-state index contributed by atoms with van der Waals surface area (Å²) in [5.41, 5.74) is 1.04. The quantitative estimate of drug-likeness (QED) is 0.660. The fourth-order valence-electron chi connectivity index (χ4n) is 8.82. The van der Waals surface area contributed by atoms with Crippen LogP contribution in [-0.2, 0) is 0 Å². The Balaban J connectivity index is 1.62. The highest BCUT2D eigenvalue weighted by Crippen LogP contribution is 2.73. The molecule has 3 N–H and O–H groups in total. The van der Waals surface area contributed by atoms with Crippen molar-refractivity contribution in [1.82, 2.24) is 4.90 Å². The molecule has 0 amide bonds. The number of rotatable bonds is 2. The molecule has 6 aliphatic rings. The summed E-state index contributed by atoms with van der Waals surface area (Å²) in [6, 6.07) is 0. The summed E-state index contributed by atoms with van der Waals surface area (Å²) in [5.74, 6) is 1.37. The minimum atomic E-state index is -0.535. The lowest BCUT2D eigenvalue weighted by Gasteiger charge is -2.73.